The fourth-order valence-electron chi connectivity index (χ4n) is 2.32. The number of rotatable bonds is 6. The van der Waals surface area contributed by atoms with Gasteiger partial charge in [0.25, 0.3) is 0 Å². The van der Waals surface area contributed by atoms with Crippen molar-refractivity contribution in [1.82, 2.24) is 15.3 Å². The number of carbonyl (C=O) groups excluding carboxylic acids is 1. The predicted octanol–water partition coefficient (Wildman–Crippen LogP) is 1.62. The minimum Gasteiger partial charge on any atom is -0.467 e. The third-order valence-corrected chi connectivity index (χ3v) is 4.37. The number of ether oxygens (including phenoxy) is 1. The SMILES string of the molecule is Cc1cc(N2CCOCC2)nc(SCC(=O)NCc2ccco2)n1. The van der Waals surface area contributed by atoms with Crippen LogP contribution in [0.2, 0.25) is 0 Å². The van der Waals surface area contributed by atoms with Crippen LogP contribution in [0.4, 0.5) is 5.82 Å². The molecular formula is C16H20N4O3S. The zero-order chi connectivity index (χ0) is 16.8. The molecule has 0 unspecified atom stereocenters. The van der Waals surface area contributed by atoms with Gasteiger partial charge in [-0.15, -0.1) is 0 Å². The van der Waals surface area contributed by atoms with Gasteiger partial charge in [0, 0.05) is 24.8 Å². The molecule has 1 aliphatic heterocycles. The molecule has 24 heavy (non-hydrogen) atoms. The number of anilines is 1. The second-order valence-corrected chi connectivity index (χ2v) is 6.34. The van der Waals surface area contributed by atoms with Gasteiger partial charge in [0.05, 0.1) is 31.8 Å². The van der Waals surface area contributed by atoms with Gasteiger partial charge in [-0.25, -0.2) is 9.97 Å². The Hall–Kier alpha value is -2.06. The lowest BCUT2D eigenvalue weighted by Crippen LogP contribution is -2.36. The standard InChI is InChI=1S/C16H20N4O3S/c1-12-9-14(20-4-7-22-8-5-20)19-16(18-12)24-11-15(21)17-10-13-3-2-6-23-13/h2-3,6,9H,4-5,7-8,10-11H2,1H3,(H,17,21). The number of furan rings is 1. The van der Waals surface area contributed by atoms with Gasteiger partial charge in [0.2, 0.25) is 5.91 Å². The Morgan fingerprint density at radius 3 is 2.96 bits per heavy atom. The molecule has 0 aliphatic carbocycles. The largest absolute Gasteiger partial charge is 0.467 e. The fourth-order valence-corrected chi connectivity index (χ4v) is 3.05. The number of hydrogen-bond acceptors (Lipinski definition) is 7. The number of nitrogens with zero attached hydrogens (tertiary/aromatic N) is 3. The van der Waals surface area contributed by atoms with E-state index in [-0.39, 0.29) is 11.7 Å². The van der Waals surface area contributed by atoms with Crippen LogP contribution in [-0.4, -0.2) is 47.9 Å². The summed E-state index contributed by atoms with van der Waals surface area (Å²) >= 11 is 1.34. The number of nitrogens with one attached hydrogen (secondary N) is 1. The van der Waals surface area contributed by atoms with Gasteiger partial charge in [-0.05, 0) is 19.1 Å². The maximum absolute atomic E-state index is 11.9. The van der Waals surface area contributed by atoms with E-state index in [2.05, 4.69) is 20.2 Å². The fraction of sp³-hybridized carbons (Fsp3) is 0.438. The molecule has 1 saturated heterocycles. The van der Waals surface area contributed by atoms with Crippen molar-refractivity contribution in [3.8, 4) is 0 Å². The monoisotopic (exact) mass is 348 g/mol. The van der Waals surface area contributed by atoms with Crippen molar-refractivity contribution in [2.45, 2.75) is 18.6 Å². The smallest absolute Gasteiger partial charge is 0.230 e. The molecule has 0 radical (unpaired) electrons. The molecule has 3 heterocycles. The molecular weight excluding hydrogens is 328 g/mol. The van der Waals surface area contributed by atoms with E-state index in [0.29, 0.717) is 24.9 Å². The van der Waals surface area contributed by atoms with E-state index in [1.807, 2.05) is 19.1 Å². The van der Waals surface area contributed by atoms with Gasteiger partial charge in [-0.2, -0.15) is 0 Å². The minimum absolute atomic E-state index is 0.0746. The summed E-state index contributed by atoms with van der Waals surface area (Å²) in [4.78, 5) is 23.1. The average Bonchev–Trinajstić information content (AvgIpc) is 3.12. The van der Waals surface area contributed by atoms with Gasteiger partial charge in [-0.3, -0.25) is 4.79 Å². The van der Waals surface area contributed by atoms with E-state index >= 15 is 0 Å². The molecule has 1 amide bonds. The number of hydrogen-bond donors (Lipinski definition) is 1. The zero-order valence-electron chi connectivity index (χ0n) is 13.5. The molecule has 0 saturated carbocycles. The molecule has 2 aromatic rings. The molecule has 128 valence electrons. The molecule has 1 fully saturated rings. The molecule has 0 spiro atoms. The molecule has 0 atom stereocenters. The van der Waals surface area contributed by atoms with Crippen molar-refractivity contribution < 1.29 is 13.9 Å². The van der Waals surface area contributed by atoms with Crippen LogP contribution < -0.4 is 10.2 Å². The average molecular weight is 348 g/mol. The highest BCUT2D eigenvalue weighted by Crippen LogP contribution is 2.20. The Morgan fingerprint density at radius 1 is 1.38 bits per heavy atom. The summed E-state index contributed by atoms with van der Waals surface area (Å²) in [6.07, 6.45) is 1.59. The quantitative estimate of drug-likeness (QED) is 0.627. The highest BCUT2D eigenvalue weighted by molar-refractivity contribution is 7.99. The Balaban J connectivity index is 1.54. The number of carbonyl (C=O) groups is 1. The summed E-state index contributed by atoms with van der Waals surface area (Å²) in [6.45, 7) is 5.39. The Labute approximate surface area is 144 Å². The minimum atomic E-state index is -0.0746. The third-order valence-electron chi connectivity index (χ3n) is 3.53. The number of aryl methyl sites for hydroxylation is 1. The first-order chi connectivity index (χ1) is 11.7. The van der Waals surface area contributed by atoms with Crippen molar-refractivity contribution in [2.75, 3.05) is 37.0 Å². The number of morpholine rings is 1. The molecule has 0 bridgehead atoms. The van der Waals surface area contributed by atoms with Gasteiger partial charge < -0.3 is 19.4 Å². The van der Waals surface area contributed by atoms with Crippen molar-refractivity contribution in [1.29, 1.82) is 0 Å². The van der Waals surface area contributed by atoms with Gasteiger partial charge in [0.1, 0.15) is 11.6 Å². The number of thioether (sulfide) groups is 1. The van der Waals surface area contributed by atoms with Crippen LogP contribution in [0.5, 0.6) is 0 Å². The second kappa shape index (κ2) is 8.16. The first-order valence-corrected chi connectivity index (χ1v) is 8.79. The van der Waals surface area contributed by atoms with Crippen LogP contribution in [0.3, 0.4) is 0 Å². The lowest BCUT2D eigenvalue weighted by Gasteiger charge is -2.28. The maximum atomic E-state index is 11.9. The maximum Gasteiger partial charge on any atom is 0.230 e. The third kappa shape index (κ3) is 4.72. The summed E-state index contributed by atoms with van der Waals surface area (Å²) in [7, 11) is 0. The van der Waals surface area contributed by atoms with E-state index in [1.54, 1.807) is 12.3 Å². The van der Waals surface area contributed by atoms with Crippen LogP contribution in [0.25, 0.3) is 0 Å². The van der Waals surface area contributed by atoms with Crippen molar-refractivity contribution in [3.63, 3.8) is 0 Å². The van der Waals surface area contributed by atoms with Crippen LogP contribution >= 0.6 is 11.8 Å². The lowest BCUT2D eigenvalue weighted by molar-refractivity contribution is -0.118. The van der Waals surface area contributed by atoms with Crippen LogP contribution in [0.15, 0.2) is 34.0 Å². The van der Waals surface area contributed by atoms with E-state index in [0.717, 1.165) is 30.4 Å². The molecule has 8 heteroatoms. The van der Waals surface area contributed by atoms with Crippen LogP contribution in [-0.2, 0) is 16.1 Å². The van der Waals surface area contributed by atoms with Crippen molar-refractivity contribution >= 4 is 23.5 Å². The molecule has 1 aliphatic rings. The van der Waals surface area contributed by atoms with E-state index in [9.17, 15) is 4.79 Å². The van der Waals surface area contributed by atoms with Crippen molar-refractivity contribution in [3.05, 3.63) is 35.9 Å². The second-order valence-electron chi connectivity index (χ2n) is 5.39. The molecule has 3 rings (SSSR count). The van der Waals surface area contributed by atoms with Gasteiger partial charge in [0.15, 0.2) is 5.16 Å². The summed E-state index contributed by atoms with van der Waals surface area (Å²) in [6, 6.07) is 5.59. The summed E-state index contributed by atoms with van der Waals surface area (Å²) in [5.41, 5.74) is 0.894. The number of amides is 1. The van der Waals surface area contributed by atoms with E-state index < -0.39 is 0 Å². The molecule has 2 aromatic heterocycles. The normalized spacial score (nSPS) is 14.6. The van der Waals surface area contributed by atoms with E-state index in [4.69, 9.17) is 9.15 Å². The topological polar surface area (TPSA) is 80.5 Å². The highest BCUT2D eigenvalue weighted by atomic mass is 32.2. The van der Waals surface area contributed by atoms with Gasteiger partial charge in [-0.1, -0.05) is 11.8 Å². The zero-order valence-corrected chi connectivity index (χ0v) is 14.3. The summed E-state index contributed by atoms with van der Waals surface area (Å²) < 4.78 is 10.6. The Bertz CT molecular complexity index is 672. The van der Waals surface area contributed by atoms with Crippen molar-refractivity contribution in [2.24, 2.45) is 0 Å². The number of aromatic nitrogens is 2. The van der Waals surface area contributed by atoms with E-state index in [1.165, 1.54) is 11.8 Å². The Morgan fingerprint density at radius 2 is 2.21 bits per heavy atom. The molecule has 1 N–H and O–H groups in total. The Kier molecular flexibility index (Phi) is 5.71. The predicted molar refractivity (Wildman–Crippen MR) is 91.1 cm³/mol. The highest BCUT2D eigenvalue weighted by Gasteiger charge is 2.15. The first-order valence-electron chi connectivity index (χ1n) is 7.81. The van der Waals surface area contributed by atoms with Crippen LogP contribution in [0, 0.1) is 6.92 Å². The van der Waals surface area contributed by atoms with Gasteiger partial charge >= 0.3 is 0 Å². The molecule has 7 nitrogen and oxygen atoms in total. The summed E-state index contributed by atoms with van der Waals surface area (Å²) in [5, 5.41) is 3.43. The first kappa shape index (κ1) is 16.8. The lowest BCUT2D eigenvalue weighted by atomic mass is 10.3. The summed E-state index contributed by atoms with van der Waals surface area (Å²) in [5.74, 6) is 1.82. The van der Waals surface area contributed by atoms with Crippen LogP contribution in [0.1, 0.15) is 11.5 Å². The molecule has 0 aromatic carbocycles.